The molecule has 6 nitrogen and oxygen atoms in total. The fourth-order valence-electron chi connectivity index (χ4n) is 2.49. The maximum Gasteiger partial charge on any atom is 0.355 e. The van der Waals surface area contributed by atoms with Crippen LogP contribution in [-0.4, -0.2) is 37.6 Å². The fraction of sp³-hybridized carbons (Fsp3) is 0.158. The molecule has 0 atom stereocenters. The molecule has 0 aliphatic heterocycles. The monoisotopic (exact) mass is 339 g/mol. The van der Waals surface area contributed by atoms with Crippen LogP contribution < -0.4 is 9.47 Å². The highest BCUT2D eigenvalue weighted by molar-refractivity contribution is 6.00. The Kier molecular flexibility index (Phi) is 4.70. The zero-order chi connectivity index (χ0) is 17.8. The smallest absolute Gasteiger partial charge is 0.355 e. The highest BCUT2D eigenvalue weighted by atomic mass is 16.5. The van der Waals surface area contributed by atoms with Gasteiger partial charge in [-0.15, -0.1) is 0 Å². The molecule has 3 aromatic rings. The molecule has 3 rings (SSSR count). The topological polar surface area (TPSA) is 77.6 Å². The molecular weight excluding hydrogens is 322 g/mol. The van der Waals surface area contributed by atoms with Crippen molar-refractivity contribution in [1.82, 2.24) is 4.98 Å². The molecule has 1 aromatic heterocycles. The van der Waals surface area contributed by atoms with Crippen LogP contribution >= 0.6 is 0 Å². The first-order valence-electron chi connectivity index (χ1n) is 7.62. The number of H-pyrrole nitrogens is 1. The van der Waals surface area contributed by atoms with E-state index >= 15 is 0 Å². The number of para-hydroxylation sites is 1. The van der Waals surface area contributed by atoms with Gasteiger partial charge in [-0.25, -0.2) is 4.79 Å². The Morgan fingerprint density at radius 1 is 0.960 bits per heavy atom. The normalized spacial score (nSPS) is 10.5. The Morgan fingerprint density at radius 3 is 2.44 bits per heavy atom. The number of rotatable bonds is 6. The molecule has 0 aliphatic rings. The van der Waals surface area contributed by atoms with E-state index in [2.05, 4.69) is 4.98 Å². The lowest BCUT2D eigenvalue weighted by Crippen LogP contribution is -2.14. The number of aromatic nitrogens is 1. The number of nitrogens with one attached hydrogen (secondary N) is 1. The highest BCUT2D eigenvalue weighted by Crippen LogP contribution is 2.27. The molecule has 1 N–H and O–H groups in total. The number of hydrogen-bond donors (Lipinski definition) is 1. The van der Waals surface area contributed by atoms with Crippen LogP contribution in [0.5, 0.6) is 11.5 Å². The van der Waals surface area contributed by atoms with Crippen LogP contribution in [0.15, 0.2) is 48.5 Å². The number of methoxy groups -OCH3 is 2. The lowest BCUT2D eigenvalue weighted by molar-refractivity contribution is 0.0470. The zero-order valence-electron chi connectivity index (χ0n) is 13.9. The van der Waals surface area contributed by atoms with Gasteiger partial charge in [-0.3, -0.25) is 4.79 Å². The van der Waals surface area contributed by atoms with Crippen LogP contribution in [0.2, 0.25) is 0 Å². The SMILES string of the molecule is COc1ccc(C(=O)COC(=O)c2cc3ccccc3[nH]2)cc1OC. The van der Waals surface area contributed by atoms with Gasteiger partial charge >= 0.3 is 5.97 Å². The number of fused-ring (bicyclic) bond motifs is 1. The predicted octanol–water partition coefficient (Wildman–Crippen LogP) is 3.22. The standard InChI is InChI=1S/C19H17NO5/c1-23-17-8-7-13(10-18(17)24-2)16(21)11-25-19(22)15-9-12-5-3-4-6-14(12)20-15/h3-10,20H,11H2,1-2H3. The van der Waals surface area contributed by atoms with Crippen molar-refractivity contribution < 1.29 is 23.8 Å². The number of hydrogen-bond acceptors (Lipinski definition) is 5. The second-order valence-electron chi connectivity index (χ2n) is 5.34. The van der Waals surface area contributed by atoms with Gasteiger partial charge < -0.3 is 19.2 Å². The van der Waals surface area contributed by atoms with Crippen LogP contribution in [0, 0.1) is 0 Å². The second kappa shape index (κ2) is 7.09. The molecule has 0 saturated carbocycles. The van der Waals surface area contributed by atoms with Crippen molar-refractivity contribution in [3.63, 3.8) is 0 Å². The number of ether oxygens (including phenoxy) is 3. The summed E-state index contributed by atoms with van der Waals surface area (Å²) >= 11 is 0. The van der Waals surface area contributed by atoms with Crippen molar-refractivity contribution in [3.8, 4) is 11.5 Å². The van der Waals surface area contributed by atoms with Gasteiger partial charge in [0.05, 0.1) is 14.2 Å². The lowest BCUT2D eigenvalue weighted by Gasteiger charge is -2.09. The summed E-state index contributed by atoms with van der Waals surface area (Å²) in [4.78, 5) is 27.3. The summed E-state index contributed by atoms with van der Waals surface area (Å²) < 4.78 is 15.4. The first-order chi connectivity index (χ1) is 12.1. The molecule has 0 fully saturated rings. The van der Waals surface area contributed by atoms with Crippen molar-refractivity contribution in [2.24, 2.45) is 0 Å². The Balaban J connectivity index is 1.68. The maximum absolute atomic E-state index is 12.2. The van der Waals surface area contributed by atoms with E-state index in [1.165, 1.54) is 14.2 Å². The number of benzene rings is 2. The summed E-state index contributed by atoms with van der Waals surface area (Å²) in [6.07, 6.45) is 0. The molecule has 0 amide bonds. The number of carbonyl (C=O) groups is 2. The number of ketones is 1. The van der Waals surface area contributed by atoms with Gasteiger partial charge in [0.15, 0.2) is 23.9 Å². The van der Waals surface area contributed by atoms with Crippen LogP contribution in [0.3, 0.4) is 0 Å². The van der Waals surface area contributed by atoms with Gasteiger partial charge in [0.2, 0.25) is 0 Å². The van der Waals surface area contributed by atoms with Crippen LogP contribution in [0.4, 0.5) is 0 Å². The molecule has 0 aliphatic carbocycles. The van der Waals surface area contributed by atoms with E-state index in [9.17, 15) is 9.59 Å². The van der Waals surface area contributed by atoms with E-state index in [-0.39, 0.29) is 12.4 Å². The van der Waals surface area contributed by atoms with Crippen LogP contribution in [0.1, 0.15) is 20.8 Å². The summed E-state index contributed by atoms with van der Waals surface area (Å²) in [5.41, 5.74) is 1.52. The number of aromatic amines is 1. The van der Waals surface area contributed by atoms with Crippen LogP contribution in [-0.2, 0) is 4.74 Å². The number of carbonyl (C=O) groups excluding carboxylic acids is 2. The maximum atomic E-state index is 12.2. The van der Waals surface area contributed by atoms with Crippen molar-refractivity contribution in [1.29, 1.82) is 0 Å². The third-order valence-electron chi connectivity index (χ3n) is 3.79. The van der Waals surface area contributed by atoms with Gasteiger partial charge in [-0.1, -0.05) is 18.2 Å². The molecule has 0 radical (unpaired) electrons. The van der Waals surface area contributed by atoms with Gasteiger partial charge in [-0.2, -0.15) is 0 Å². The van der Waals surface area contributed by atoms with Gasteiger partial charge in [0, 0.05) is 16.5 Å². The van der Waals surface area contributed by atoms with E-state index in [0.717, 1.165) is 10.9 Å². The summed E-state index contributed by atoms with van der Waals surface area (Å²) in [6.45, 7) is -0.357. The minimum Gasteiger partial charge on any atom is -0.493 e. The van der Waals surface area contributed by atoms with Crippen molar-refractivity contribution in [2.75, 3.05) is 20.8 Å². The van der Waals surface area contributed by atoms with E-state index in [1.54, 1.807) is 24.3 Å². The summed E-state index contributed by atoms with van der Waals surface area (Å²) in [5, 5.41) is 0.903. The first-order valence-corrected chi connectivity index (χ1v) is 7.62. The molecule has 0 saturated heterocycles. The van der Waals surface area contributed by atoms with Gasteiger partial charge in [0.25, 0.3) is 0 Å². The number of Topliss-reactive ketones (excluding diaryl/α,β-unsaturated/α-hetero) is 1. The predicted molar refractivity (Wildman–Crippen MR) is 92.5 cm³/mol. The highest BCUT2D eigenvalue weighted by Gasteiger charge is 2.15. The van der Waals surface area contributed by atoms with E-state index in [1.807, 2.05) is 24.3 Å². The Bertz CT molecular complexity index is 895. The van der Waals surface area contributed by atoms with Crippen LogP contribution in [0.25, 0.3) is 10.9 Å². The fourth-order valence-corrected chi connectivity index (χ4v) is 2.49. The van der Waals surface area contributed by atoms with Crippen molar-refractivity contribution in [2.45, 2.75) is 0 Å². The molecule has 2 aromatic carbocycles. The minimum atomic E-state index is -0.579. The number of esters is 1. The lowest BCUT2D eigenvalue weighted by atomic mass is 10.1. The Morgan fingerprint density at radius 2 is 1.72 bits per heavy atom. The Hall–Kier alpha value is -3.28. The molecule has 128 valence electrons. The van der Waals surface area contributed by atoms with E-state index in [4.69, 9.17) is 14.2 Å². The average Bonchev–Trinajstić information content (AvgIpc) is 3.09. The second-order valence-corrected chi connectivity index (χ2v) is 5.34. The summed E-state index contributed by atoms with van der Waals surface area (Å²) in [5.74, 6) is 0.0554. The average molecular weight is 339 g/mol. The van der Waals surface area contributed by atoms with Crippen molar-refractivity contribution >= 4 is 22.7 Å². The molecule has 0 unspecified atom stereocenters. The van der Waals surface area contributed by atoms with E-state index in [0.29, 0.717) is 22.8 Å². The zero-order valence-corrected chi connectivity index (χ0v) is 13.9. The van der Waals surface area contributed by atoms with E-state index < -0.39 is 5.97 Å². The minimum absolute atomic E-state index is 0.307. The first kappa shape index (κ1) is 16.6. The molecule has 0 spiro atoms. The van der Waals surface area contributed by atoms with Crippen molar-refractivity contribution in [3.05, 3.63) is 59.8 Å². The third kappa shape index (κ3) is 3.47. The largest absolute Gasteiger partial charge is 0.493 e. The van der Waals surface area contributed by atoms with Gasteiger partial charge in [0.1, 0.15) is 5.69 Å². The molecule has 25 heavy (non-hydrogen) atoms. The molecule has 6 heteroatoms. The molecular formula is C19H17NO5. The summed E-state index contributed by atoms with van der Waals surface area (Å²) in [7, 11) is 3.00. The van der Waals surface area contributed by atoms with Gasteiger partial charge in [-0.05, 0) is 30.3 Å². The summed E-state index contributed by atoms with van der Waals surface area (Å²) in [6, 6.07) is 14.0. The molecule has 1 heterocycles. The quantitative estimate of drug-likeness (QED) is 0.551. The Labute approximate surface area is 144 Å². The molecule has 0 bridgehead atoms. The third-order valence-corrected chi connectivity index (χ3v) is 3.79.